The van der Waals surface area contributed by atoms with E-state index in [4.69, 9.17) is 9.97 Å². The molecule has 0 radical (unpaired) electrons. The van der Waals surface area contributed by atoms with Gasteiger partial charge in [-0.1, -0.05) is 146 Å². The van der Waals surface area contributed by atoms with Crippen molar-refractivity contribution in [2.24, 2.45) is 0 Å². The highest BCUT2D eigenvalue weighted by Gasteiger charge is 2.13. The van der Waals surface area contributed by atoms with Crippen molar-refractivity contribution in [3.63, 3.8) is 0 Å². The largest absolute Gasteiger partial charge is 0.217 e. The first-order chi connectivity index (χ1) is 24.8. The van der Waals surface area contributed by atoms with Gasteiger partial charge < -0.3 is 0 Å². The van der Waals surface area contributed by atoms with Gasteiger partial charge in [-0.2, -0.15) is 0 Å². The third-order valence-corrected chi connectivity index (χ3v) is 8.69. The Kier molecular flexibility index (Phi) is 8.72. The molecule has 0 aliphatic heterocycles. The molecular formula is C44H32N6. The van der Waals surface area contributed by atoms with Gasteiger partial charge in [0.2, 0.25) is 0 Å². The minimum atomic E-state index is 0.662. The van der Waals surface area contributed by atoms with Crippen LogP contribution in [0.2, 0.25) is 0 Å². The topological polar surface area (TPSA) is 77.3 Å². The molecule has 2 aromatic heterocycles. The van der Waals surface area contributed by atoms with E-state index in [9.17, 15) is 0 Å². The Balaban J connectivity index is 1.06. The highest BCUT2D eigenvalue weighted by Crippen LogP contribution is 2.32. The highest BCUT2D eigenvalue weighted by molar-refractivity contribution is 5.72. The second-order valence-electron chi connectivity index (χ2n) is 12.1. The van der Waals surface area contributed by atoms with E-state index in [1.165, 1.54) is 33.4 Å². The van der Waals surface area contributed by atoms with Crippen molar-refractivity contribution in [2.75, 3.05) is 0 Å². The predicted octanol–water partition coefficient (Wildman–Crippen LogP) is 9.57. The van der Waals surface area contributed by atoms with Crippen LogP contribution in [0.15, 0.2) is 170 Å². The van der Waals surface area contributed by atoms with E-state index < -0.39 is 0 Å². The lowest BCUT2D eigenvalue weighted by atomic mass is 9.89. The molecule has 8 rings (SSSR count). The lowest BCUT2D eigenvalue weighted by molar-refractivity contribution is 1.06. The van der Waals surface area contributed by atoms with E-state index >= 15 is 0 Å². The van der Waals surface area contributed by atoms with E-state index in [2.05, 4.69) is 117 Å². The molecule has 50 heavy (non-hydrogen) atoms. The molecular weight excluding hydrogens is 613 g/mol. The third-order valence-electron chi connectivity index (χ3n) is 8.69. The summed E-state index contributed by atoms with van der Waals surface area (Å²) in [5.41, 5.74) is 11.2. The maximum atomic E-state index is 4.79. The molecule has 0 unspecified atom stereocenters. The molecule has 6 nitrogen and oxygen atoms in total. The summed E-state index contributed by atoms with van der Waals surface area (Å²) >= 11 is 0. The summed E-state index contributed by atoms with van der Waals surface area (Å²) in [7, 11) is 0. The van der Waals surface area contributed by atoms with Crippen molar-refractivity contribution >= 4 is 0 Å². The summed E-state index contributed by atoms with van der Waals surface area (Å²) in [6.07, 6.45) is 4.72. The van der Waals surface area contributed by atoms with Crippen LogP contribution in [0, 0.1) is 0 Å². The molecule has 0 saturated carbocycles. The number of aromatic nitrogens is 6. The van der Waals surface area contributed by atoms with Crippen LogP contribution in [0.1, 0.15) is 22.3 Å². The molecule has 6 aromatic carbocycles. The molecule has 0 aliphatic carbocycles. The lowest BCUT2D eigenvalue weighted by Gasteiger charge is -2.15. The Morgan fingerprint density at radius 2 is 0.680 bits per heavy atom. The molecule has 2 heterocycles. The summed E-state index contributed by atoms with van der Waals surface area (Å²) in [5, 5.41) is 0. The Morgan fingerprint density at radius 3 is 1.12 bits per heavy atom. The molecule has 0 bridgehead atoms. The number of benzene rings is 6. The maximum absolute atomic E-state index is 4.79. The lowest BCUT2D eigenvalue weighted by Crippen LogP contribution is -1.99. The summed E-state index contributed by atoms with van der Waals surface area (Å²) in [6, 6.07) is 54.3. The van der Waals surface area contributed by atoms with E-state index in [0.717, 1.165) is 35.1 Å². The Bertz CT molecular complexity index is 2220. The molecule has 0 spiro atoms. The smallest absolute Gasteiger partial charge is 0.163 e. The zero-order valence-electron chi connectivity index (χ0n) is 27.3. The van der Waals surface area contributed by atoms with Crippen LogP contribution >= 0.6 is 0 Å². The average molecular weight is 645 g/mol. The van der Waals surface area contributed by atoms with Crippen LogP contribution in [0.5, 0.6) is 0 Å². The van der Waals surface area contributed by atoms with Crippen LogP contribution in [-0.4, -0.2) is 29.9 Å². The number of hydrogen-bond donors (Lipinski definition) is 0. The fraction of sp³-hybridized carbons (Fsp3) is 0.0455. The van der Waals surface area contributed by atoms with Crippen LogP contribution < -0.4 is 0 Å². The van der Waals surface area contributed by atoms with Crippen molar-refractivity contribution in [1.82, 2.24) is 29.9 Å². The van der Waals surface area contributed by atoms with Crippen LogP contribution in [0.25, 0.3) is 56.7 Å². The number of nitrogens with zero attached hydrogens (tertiary/aromatic N) is 6. The molecule has 0 amide bonds. The second kappa shape index (κ2) is 14.2. The molecule has 0 atom stereocenters. The van der Waals surface area contributed by atoms with Crippen molar-refractivity contribution < 1.29 is 0 Å². The van der Waals surface area contributed by atoms with E-state index in [-0.39, 0.29) is 0 Å². The SMILES string of the molecule is c1ccc(-c2ncnc(-c3cccc(Cc4ccccc4-c4ccccc4Cc4cccc(-c5ncnc(-c6ccccc6)n5)c4)c3)n2)cc1. The fourth-order valence-corrected chi connectivity index (χ4v) is 6.28. The van der Waals surface area contributed by atoms with Crippen molar-refractivity contribution in [1.29, 1.82) is 0 Å². The molecule has 8 aromatic rings. The van der Waals surface area contributed by atoms with Gasteiger partial charge in [-0.3, -0.25) is 0 Å². The van der Waals surface area contributed by atoms with Gasteiger partial charge >= 0.3 is 0 Å². The van der Waals surface area contributed by atoms with Gasteiger partial charge in [-0.25, -0.2) is 29.9 Å². The van der Waals surface area contributed by atoms with Gasteiger partial charge in [0.05, 0.1) is 0 Å². The van der Waals surface area contributed by atoms with E-state index in [0.29, 0.717) is 23.3 Å². The van der Waals surface area contributed by atoms with Gasteiger partial charge in [-0.05, 0) is 58.4 Å². The van der Waals surface area contributed by atoms with Crippen LogP contribution in [-0.2, 0) is 12.8 Å². The quantitative estimate of drug-likeness (QED) is 0.156. The predicted molar refractivity (Wildman–Crippen MR) is 199 cm³/mol. The maximum Gasteiger partial charge on any atom is 0.163 e. The molecule has 0 N–H and O–H groups in total. The minimum Gasteiger partial charge on any atom is -0.217 e. The van der Waals surface area contributed by atoms with Gasteiger partial charge in [-0.15, -0.1) is 0 Å². The minimum absolute atomic E-state index is 0.662. The van der Waals surface area contributed by atoms with Gasteiger partial charge in [0.25, 0.3) is 0 Å². The van der Waals surface area contributed by atoms with Gasteiger partial charge in [0, 0.05) is 22.3 Å². The molecule has 0 aliphatic rings. The van der Waals surface area contributed by atoms with Crippen LogP contribution in [0.4, 0.5) is 0 Å². The van der Waals surface area contributed by atoms with Crippen molar-refractivity contribution in [3.8, 4) is 56.7 Å². The monoisotopic (exact) mass is 644 g/mol. The first-order valence-electron chi connectivity index (χ1n) is 16.6. The molecule has 0 saturated heterocycles. The third kappa shape index (κ3) is 6.82. The molecule has 6 heteroatoms. The Hall–Kier alpha value is -6.66. The van der Waals surface area contributed by atoms with Gasteiger partial charge in [0.1, 0.15) is 12.7 Å². The van der Waals surface area contributed by atoms with Crippen molar-refractivity contribution in [3.05, 3.63) is 193 Å². The summed E-state index contributed by atoms with van der Waals surface area (Å²) in [4.78, 5) is 27.4. The number of rotatable bonds is 9. The first kappa shape index (κ1) is 30.7. The standard InChI is InChI=1S/C44H32N6/c1-3-15-33(16-4-1)41-45-29-47-43(49-41)37-21-11-13-31(27-37)25-35-19-7-9-23-39(35)40-24-10-8-20-36(40)26-32-14-12-22-38(28-32)44-48-30-46-42(50-44)34-17-5-2-6-18-34/h1-24,27-30H,25-26H2. The Labute approximate surface area is 291 Å². The normalized spacial score (nSPS) is 11.0. The Morgan fingerprint density at radius 1 is 0.320 bits per heavy atom. The zero-order valence-corrected chi connectivity index (χ0v) is 27.3. The second-order valence-corrected chi connectivity index (χ2v) is 12.1. The summed E-state index contributed by atoms with van der Waals surface area (Å²) < 4.78 is 0. The van der Waals surface area contributed by atoms with Crippen LogP contribution in [0.3, 0.4) is 0 Å². The highest BCUT2D eigenvalue weighted by atomic mass is 15.0. The molecule has 238 valence electrons. The molecule has 0 fully saturated rings. The zero-order chi connectivity index (χ0) is 33.5. The van der Waals surface area contributed by atoms with Gasteiger partial charge in [0.15, 0.2) is 23.3 Å². The summed E-state index contributed by atoms with van der Waals surface area (Å²) in [5.74, 6) is 2.66. The first-order valence-corrected chi connectivity index (χ1v) is 16.6. The fourth-order valence-electron chi connectivity index (χ4n) is 6.28. The van der Waals surface area contributed by atoms with Crippen molar-refractivity contribution in [2.45, 2.75) is 12.8 Å². The van der Waals surface area contributed by atoms with E-state index in [1.54, 1.807) is 12.7 Å². The number of hydrogen-bond acceptors (Lipinski definition) is 6. The average Bonchev–Trinajstić information content (AvgIpc) is 3.19. The summed E-state index contributed by atoms with van der Waals surface area (Å²) in [6.45, 7) is 0. The van der Waals surface area contributed by atoms with E-state index in [1.807, 2.05) is 60.7 Å².